The number of carbonyl (C=O) groups is 3. The Hall–Kier alpha value is -3.73. The van der Waals surface area contributed by atoms with Gasteiger partial charge in [-0.25, -0.2) is 4.98 Å². The summed E-state index contributed by atoms with van der Waals surface area (Å²) in [7, 11) is 0. The molecule has 6 rings (SSSR count). The fraction of sp³-hybridized carbons (Fsp3) is 0.357. The zero-order chi connectivity index (χ0) is 27.5. The number of pyridine rings is 1. The normalized spacial score (nSPS) is 25.9. The molecular weight excluding hydrogens is 529 g/mol. The molecule has 3 aliphatic rings. The van der Waals surface area contributed by atoms with Gasteiger partial charge < -0.3 is 15.5 Å². The van der Waals surface area contributed by atoms with Crippen molar-refractivity contribution < 1.29 is 27.6 Å². The van der Waals surface area contributed by atoms with Gasteiger partial charge in [-0.05, 0) is 43.0 Å². The van der Waals surface area contributed by atoms with Crippen molar-refractivity contribution >= 4 is 34.9 Å². The Morgan fingerprint density at radius 2 is 1.95 bits per heavy atom. The van der Waals surface area contributed by atoms with Crippen molar-refractivity contribution in [1.29, 1.82) is 0 Å². The highest BCUT2D eigenvalue weighted by Crippen LogP contribution is 2.48. The number of amides is 3. The first-order valence-corrected chi connectivity index (χ1v) is 13.5. The number of nitrogens with zero attached hydrogens (tertiary/aromatic N) is 2. The molecule has 2 aliphatic heterocycles. The van der Waals surface area contributed by atoms with Crippen LogP contribution in [-0.4, -0.2) is 52.4 Å². The summed E-state index contributed by atoms with van der Waals surface area (Å²) in [5, 5.41) is 5.56. The first kappa shape index (κ1) is 25.5. The predicted molar refractivity (Wildman–Crippen MR) is 139 cm³/mol. The number of fused-ring (bicyclic) bond motifs is 3. The lowest BCUT2D eigenvalue weighted by atomic mass is 9.80. The van der Waals surface area contributed by atoms with Gasteiger partial charge in [0.1, 0.15) is 18.4 Å². The molecular formula is C28H25F3N4O3S. The van der Waals surface area contributed by atoms with Crippen molar-refractivity contribution in [2.24, 2.45) is 0 Å². The molecule has 4 heterocycles. The van der Waals surface area contributed by atoms with Gasteiger partial charge in [0, 0.05) is 35.0 Å². The summed E-state index contributed by atoms with van der Waals surface area (Å²) in [5.74, 6) is -1.19. The number of alkyl halides is 3. The van der Waals surface area contributed by atoms with Crippen LogP contribution in [0.5, 0.6) is 0 Å². The van der Waals surface area contributed by atoms with Gasteiger partial charge >= 0.3 is 6.18 Å². The number of anilines is 1. The second-order valence-electron chi connectivity index (χ2n) is 10.4. The van der Waals surface area contributed by atoms with Crippen molar-refractivity contribution in [3.8, 4) is 0 Å². The highest BCUT2D eigenvalue weighted by Gasteiger charge is 2.52. The molecule has 1 fully saturated rings. The Kier molecular flexibility index (Phi) is 6.01. The van der Waals surface area contributed by atoms with Crippen LogP contribution >= 0.6 is 11.3 Å². The van der Waals surface area contributed by atoms with Gasteiger partial charge in [0.2, 0.25) is 11.8 Å². The van der Waals surface area contributed by atoms with Crippen LogP contribution in [-0.2, 0) is 27.8 Å². The number of hydrogen-bond donors (Lipinski definition) is 2. The molecule has 39 heavy (non-hydrogen) atoms. The molecule has 0 unspecified atom stereocenters. The summed E-state index contributed by atoms with van der Waals surface area (Å²) >= 11 is 1.25. The zero-order valence-electron chi connectivity index (χ0n) is 20.9. The van der Waals surface area contributed by atoms with Crippen LogP contribution in [0, 0.1) is 0 Å². The third-order valence-corrected chi connectivity index (χ3v) is 9.27. The molecule has 4 atom stereocenters. The molecule has 1 saturated heterocycles. The Morgan fingerprint density at radius 3 is 2.67 bits per heavy atom. The smallest absolute Gasteiger partial charge is 0.340 e. The number of piperidine rings is 1. The maximum atomic E-state index is 13.4. The summed E-state index contributed by atoms with van der Waals surface area (Å²) < 4.78 is 40.2. The standard InChI is InChI=1S/C28H25F3N4O3S/c1-15-18(16-6-3-2-4-7-16)11-20(25(37)35(15)14-28(29,30)31)33-24(36)21-10-17-12-27(13-22(17)39-21)19-8-5-9-32-23(19)34-26(27)38/h2-10,15,18,20H,11-14H2,1H3,(H,33,36)(H,32,34,38)/t15-,18-,20+,27+/m0/s1. The fourth-order valence-corrected chi connectivity index (χ4v) is 7.38. The van der Waals surface area contributed by atoms with Crippen LogP contribution in [0.3, 0.4) is 0 Å². The number of nitrogens with one attached hydrogen (secondary N) is 2. The summed E-state index contributed by atoms with van der Waals surface area (Å²) in [6.07, 6.45) is -1.90. The van der Waals surface area contributed by atoms with Gasteiger partial charge in [0.15, 0.2) is 0 Å². The number of benzene rings is 1. The van der Waals surface area contributed by atoms with E-state index in [1.54, 1.807) is 37.4 Å². The average molecular weight is 555 g/mol. The highest BCUT2D eigenvalue weighted by atomic mass is 32.1. The van der Waals surface area contributed by atoms with E-state index in [9.17, 15) is 27.6 Å². The minimum Gasteiger partial charge on any atom is -0.340 e. The van der Waals surface area contributed by atoms with E-state index >= 15 is 0 Å². The van der Waals surface area contributed by atoms with Gasteiger partial charge in [0.05, 0.1) is 10.3 Å². The predicted octanol–water partition coefficient (Wildman–Crippen LogP) is 4.20. The Balaban J connectivity index is 1.22. The molecule has 1 aliphatic carbocycles. The maximum absolute atomic E-state index is 13.4. The van der Waals surface area contributed by atoms with E-state index in [-0.39, 0.29) is 18.2 Å². The first-order chi connectivity index (χ1) is 18.6. The van der Waals surface area contributed by atoms with Crippen LogP contribution in [0.25, 0.3) is 0 Å². The highest BCUT2D eigenvalue weighted by molar-refractivity contribution is 7.14. The van der Waals surface area contributed by atoms with Crippen molar-refractivity contribution in [3.63, 3.8) is 0 Å². The average Bonchev–Trinajstić information content (AvgIpc) is 3.54. The first-order valence-electron chi connectivity index (χ1n) is 12.7. The van der Waals surface area contributed by atoms with Crippen molar-refractivity contribution in [3.05, 3.63) is 81.2 Å². The number of halogens is 3. The van der Waals surface area contributed by atoms with Crippen LogP contribution in [0.4, 0.5) is 19.0 Å². The van der Waals surface area contributed by atoms with E-state index in [2.05, 4.69) is 15.6 Å². The molecule has 3 aromatic rings. The SMILES string of the molecule is C[C@H]1[C@@H](c2ccccc2)C[C@@H](NC(=O)c2cc3c(s2)C[C@@]2(C3)C(=O)Nc3ncccc32)C(=O)N1CC(F)(F)F. The van der Waals surface area contributed by atoms with Gasteiger partial charge in [-0.1, -0.05) is 36.4 Å². The van der Waals surface area contributed by atoms with Crippen LogP contribution in [0.15, 0.2) is 54.7 Å². The fourth-order valence-electron chi connectivity index (χ4n) is 6.18. The second kappa shape index (κ2) is 9.18. The number of carbonyl (C=O) groups excluding carboxylic acids is 3. The van der Waals surface area contributed by atoms with Gasteiger partial charge in [0.25, 0.3) is 5.91 Å². The molecule has 1 aromatic carbocycles. The molecule has 7 nitrogen and oxygen atoms in total. The Morgan fingerprint density at radius 1 is 1.18 bits per heavy atom. The van der Waals surface area contributed by atoms with E-state index in [1.165, 1.54) is 11.3 Å². The lowest BCUT2D eigenvalue weighted by Gasteiger charge is -2.43. The molecule has 2 aromatic heterocycles. The summed E-state index contributed by atoms with van der Waals surface area (Å²) in [5.41, 5.74) is 1.77. The summed E-state index contributed by atoms with van der Waals surface area (Å²) in [6, 6.07) is 12.7. The minimum atomic E-state index is -4.57. The van der Waals surface area contributed by atoms with Crippen LogP contribution < -0.4 is 10.6 Å². The quantitative estimate of drug-likeness (QED) is 0.506. The molecule has 11 heteroatoms. The maximum Gasteiger partial charge on any atom is 0.406 e. The van der Waals surface area contributed by atoms with E-state index in [0.717, 1.165) is 26.5 Å². The number of rotatable bonds is 4. The van der Waals surface area contributed by atoms with E-state index in [0.29, 0.717) is 23.5 Å². The van der Waals surface area contributed by atoms with E-state index in [4.69, 9.17) is 0 Å². The second-order valence-corrected chi connectivity index (χ2v) is 11.6. The number of aromatic nitrogens is 1. The molecule has 3 amide bonds. The topological polar surface area (TPSA) is 91.4 Å². The third-order valence-electron chi connectivity index (χ3n) is 8.09. The van der Waals surface area contributed by atoms with Crippen molar-refractivity contribution in [1.82, 2.24) is 15.2 Å². The van der Waals surface area contributed by atoms with E-state index in [1.807, 2.05) is 24.3 Å². The minimum absolute atomic E-state index is 0.121. The molecule has 1 spiro atoms. The molecule has 0 radical (unpaired) electrons. The Bertz CT molecular complexity index is 1450. The monoisotopic (exact) mass is 554 g/mol. The van der Waals surface area contributed by atoms with Crippen LogP contribution in [0.1, 0.15) is 50.5 Å². The number of likely N-dealkylation sites (tertiary alicyclic amines) is 1. The van der Waals surface area contributed by atoms with E-state index < -0.39 is 42.0 Å². The lowest BCUT2D eigenvalue weighted by molar-refractivity contribution is -0.170. The van der Waals surface area contributed by atoms with Gasteiger partial charge in [-0.15, -0.1) is 11.3 Å². The van der Waals surface area contributed by atoms with Crippen LogP contribution in [0.2, 0.25) is 0 Å². The lowest BCUT2D eigenvalue weighted by Crippen LogP contribution is -2.59. The summed E-state index contributed by atoms with van der Waals surface area (Å²) in [6.45, 7) is 0.238. The molecule has 0 bridgehead atoms. The molecule has 202 valence electrons. The van der Waals surface area contributed by atoms with Crippen molar-refractivity contribution in [2.75, 3.05) is 11.9 Å². The number of hydrogen-bond acceptors (Lipinski definition) is 5. The summed E-state index contributed by atoms with van der Waals surface area (Å²) in [4.78, 5) is 45.7. The zero-order valence-corrected chi connectivity index (χ0v) is 21.7. The largest absolute Gasteiger partial charge is 0.406 e. The third kappa shape index (κ3) is 4.38. The van der Waals surface area contributed by atoms with Gasteiger partial charge in [-0.3, -0.25) is 14.4 Å². The molecule has 0 saturated carbocycles. The van der Waals surface area contributed by atoms with Crippen molar-refractivity contribution in [2.45, 2.75) is 55.8 Å². The van der Waals surface area contributed by atoms with Gasteiger partial charge in [-0.2, -0.15) is 13.2 Å². The Labute approximate surface area is 226 Å². The molecule has 2 N–H and O–H groups in total. The number of thiophene rings is 1.